The third-order valence-corrected chi connectivity index (χ3v) is 5.07. The Bertz CT molecular complexity index is 601. The lowest BCUT2D eigenvalue weighted by atomic mass is 10.1. The van der Waals surface area contributed by atoms with E-state index in [1.54, 1.807) is 12.1 Å². The molecular formula is C13H20N2O4S. The van der Waals surface area contributed by atoms with Crippen LogP contribution in [0.4, 0.5) is 0 Å². The zero-order chi connectivity index (χ0) is 14.9. The van der Waals surface area contributed by atoms with E-state index in [4.69, 9.17) is 4.74 Å². The second kappa shape index (κ2) is 5.69. The van der Waals surface area contributed by atoms with Gasteiger partial charge in [-0.3, -0.25) is 0 Å². The van der Waals surface area contributed by atoms with Crippen LogP contribution < -0.4 is 14.8 Å². The molecule has 1 aliphatic heterocycles. The first-order valence-corrected chi connectivity index (χ1v) is 7.90. The molecule has 20 heavy (non-hydrogen) atoms. The molecule has 0 amide bonds. The van der Waals surface area contributed by atoms with Gasteiger partial charge in [-0.1, -0.05) is 0 Å². The molecule has 1 saturated heterocycles. The van der Waals surface area contributed by atoms with E-state index >= 15 is 0 Å². The van der Waals surface area contributed by atoms with E-state index in [1.165, 1.54) is 7.11 Å². The van der Waals surface area contributed by atoms with Crippen molar-refractivity contribution in [3.63, 3.8) is 0 Å². The fraction of sp³-hybridized carbons (Fsp3) is 0.538. The topological polar surface area (TPSA) is 87.7 Å². The van der Waals surface area contributed by atoms with Crippen LogP contribution in [0.3, 0.4) is 0 Å². The number of hydrogen-bond donors (Lipinski definition) is 3. The summed E-state index contributed by atoms with van der Waals surface area (Å²) < 4.78 is 32.6. The maximum atomic E-state index is 12.4. The monoisotopic (exact) mass is 300 g/mol. The van der Waals surface area contributed by atoms with Crippen molar-refractivity contribution >= 4 is 10.0 Å². The molecule has 1 aromatic rings. The fourth-order valence-electron chi connectivity index (χ4n) is 2.18. The Morgan fingerprint density at radius 1 is 1.30 bits per heavy atom. The smallest absolute Gasteiger partial charge is 0.244 e. The van der Waals surface area contributed by atoms with E-state index in [1.807, 2.05) is 13.8 Å². The van der Waals surface area contributed by atoms with Gasteiger partial charge in [0.2, 0.25) is 10.0 Å². The minimum absolute atomic E-state index is 0.0993. The van der Waals surface area contributed by atoms with Crippen molar-refractivity contribution in [2.24, 2.45) is 0 Å². The van der Waals surface area contributed by atoms with E-state index < -0.39 is 22.2 Å². The third kappa shape index (κ3) is 2.95. The van der Waals surface area contributed by atoms with Gasteiger partial charge >= 0.3 is 0 Å². The lowest BCUT2D eigenvalue weighted by molar-refractivity contribution is 0.172. The molecule has 112 valence electrons. The van der Waals surface area contributed by atoms with Crippen LogP contribution in [0.15, 0.2) is 17.0 Å². The molecule has 0 saturated carbocycles. The molecule has 3 N–H and O–H groups in total. The number of aliphatic hydroxyl groups excluding tert-OH is 1. The first-order valence-electron chi connectivity index (χ1n) is 6.41. The summed E-state index contributed by atoms with van der Waals surface area (Å²) in [7, 11) is -2.29. The minimum atomic E-state index is -3.73. The van der Waals surface area contributed by atoms with Crippen molar-refractivity contribution in [2.45, 2.75) is 30.9 Å². The van der Waals surface area contributed by atoms with Crippen LogP contribution in [-0.2, 0) is 10.0 Å². The van der Waals surface area contributed by atoms with Gasteiger partial charge in [-0.25, -0.2) is 13.1 Å². The van der Waals surface area contributed by atoms with Crippen molar-refractivity contribution in [1.82, 2.24) is 10.0 Å². The summed E-state index contributed by atoms with van der Waals surface area (Å²) in [6, 6.07) is 2.77. The summed E-state index contributed by atoms with van der Waals surface area (Å²) in [6.45, 7) is 4.54. The van der Waals surface area contributed by atoms with Gasteiger partial charge in [0.1, 0.15) is 10.6 Å². The molecule has 0 radical (unpaired) electrons. The predicted octanol–water partition coefficient (Wildman–Crippen LogP) is -0.0770. The average molecular weight is 300 g/mol. The molecule has 1 aliphatic rings. The van der Waals surface area contributed by atoms with Crippen molar-refractivity contribution < 1.29 is 18.3 Å². The quantitative estimate of drug-likeness (QED) is 0.724. The molecule has 7 heteroatoms. The highest BCUT2D eigenvalue weighted by molar-refractivity contribution is 7.89. The molecule has 1 aromatic carbocycles. The number of rotatable bonds is 4. The van der Waals surface area contributed by atoms with E-state index in [0.29, 0.717) is 18.8 Å². The van der Waals surface area contributed by atoms with Crippen molar-refractivity contribution in [1.29, 1.82) is 0 Å². The Labute approximate surface area is 119 Å². The van der Waals surface area contributed by atoms with Gasteiger partial charge in [0, 0.05) is 13.1 Å². The Hall–Kier alpha value is -1.15. The Kier molecular flexibility index (Phi) is 4.33. The standard InChI is InChI=1S/C13H20N2O4S/c1-8-4-12(19-3)13(5-9(8)2)20(17,18)15-10-6-14-7-11(10)16/h4-5,10-11,14-16H,6-7H2,1-3H3/t10-,11-/m1/s1. The van der Waals surface area contributed by atoms with Crippen LogP contribution in [0.1, 0.15) is 11.1 Å². The first kappa shape index (κ1) is 15.2. The lowest BCUT2D eigenvalue weighted by Gasteiger charge is -2.18. The zero-order valence-electron chi connectivity index (χ0n) is 11.8. The van der Waals surface area contributed by atoms with Crippen LogP contribution in [0.5, 0.6) is 5.75 Å². The number of aryl methyl sites for hydroxylation is 2. The lowest BCUT2D eigenvalue weighted by Crippen LogP contribution is -2.42. The number of benzene rings is 1. The molecular weight excluding hydrogens is 280 g/mol. The number of sulfonamides is 1. The highest BCUT2D eigenvalue weighted by Crippen LogP contribution is 2.27. The molecule has 0 bridgehead atoms. The predicted molar refractivity (Wildman–Crippen MR) is 75.5 cm³/mol. The molecule has 2 rings (SSSR count). The number of hydrogen-bond acceptors (Lipinski definition) is 5. The molecule has 1 heterocycles. The van der Waals surface area contributed by atoms with E-state index in [0.717, 1.165) is 11.1 Å². The summed E-state index contributed by atoms with van der Waals surface area (Å²) in [5.41, 5.74) is 1.83. The van der Waals surface area contributed by atoms with E-state index in [2.05, 4.69) is 10.0 Å². The van der Waals surface area contributed by atoms with Crippen LogP contribution in [-0.4, -0.2) is 45.9 Å². The molecule has 0 aliphatic carbocycles. The van der Waals surface area contributed by atoms with Crippen LogP contribution in [0.2, 0.25) is 0 Å². The number of ether oxygens (including phenoxy) is 1. The maximum absolute atomic E-state index is 12.4. The Balaban J connectivity index is 2.36. The highest BCUT2D eigenvalue weighted by atomic mass is 32.2. The largest absolute Gasteiger partial charge is 0.495 e. The Morgan fingerprint density at radius 3 is 2.50 bits per heavy atom. The van der Waals surface area contributed by atoms with E-state index in [9.17, 15) is 13.5 Å². The number of methoxy groups -OCH3 is 1. The second-order valence-corrected chi connectivity index (χ2v) is 6.72. The number of nitrogens with one attached hydrogen (secondary N) is 2. The summed E-state index contributed by atoms with van der Waals surface area (Å²) in [4.78, 5) is 0.0993. The molecule has 2 atom stereocenters. The molecule has 0 unspecified atom stereocenters. The van der Waals surface area contributed by atoms with E-state index in [-0.39, 0.29) is 4.90 Å². The van der Waals surface area contributed by atoms with Crippen molar-refractivity contribution in [3.05, 3.63) is 23.3 Å². The van der Waals surface area contributed by atoms with Gasteiger partial charge < -0.3 is 15.2 Å². The summed E-state index contributed by atoms with van der Waals surface area (Å²) in [6.07, 6.45) is -0.720. The Morgan fingerprint density at radius 2 is 1.95 bits per heavy atom. The highest BCUT2D eigenvalue weighted by Gasteiger charge is 2.31. The molecule has 0 aromatic heterocycles. The summed E-state index contributed by atoms with van der Waals surface area (Å²) in [5.74, 6) is 0.307. The average Bonchev–Trinajstić information content (AvgIpc) is 2.77. The van der Waals surface area contributed by atoms with Gasteiger partial charge in [0.25, 0.3) is 0 Å². The summed E-state index contributed by atoms with van der Waals surface area (Å²) >= 11 is 0. The molecule has 1 fully saturated rings. The van der Waals surface area contributed by atoms with Gasteiger partial charge in [-0.05, 0) is 37.1 Å². The van der Waals surface area contributed by atoms with Gasteiger partial charge in [0.15, 0.2) is 0 Å². The first-order chi connectivity index (χ1) is 9.35. The zero-order valence-corrected chi connectivity index (χ0v) is 12.6. The van der Waals surface area contributed by atoms with Gasteiger partial charge in [0.05, 0.1) is 19.3 Å². The third-order valence-electron chi connectivity index (χ3n) is 3.56. The van der Waals surface area contributed by atoms with Crippen LogP contribution >= 0.6 is 0 Å². The van der Waals surface area contributed by atoms with Gasteiger partial charge in [-0.15, -0.1) is 0 Å². The number of β-amino-alcohol motifs (C(OH)–C–C–N with tert-alkyl or cyclic N) is 1. The van der Waals surface area contributed by atoms with Crippen molar-refractivity contribution in [2.75, 3.05) is 20.2 Å². The van der Waals surface area contributed by atoms with Crippen LogP contribution in [0.25, 0.3) is 0 Å². The maximum Gasteiger partial charge on any atom is 0.244 e. The molecule has 0 spiro atoms. The summed E-state index contributed by atoms with van der Waals surface area (Å²) in [5, 5.41) is 12.6. The molecule has 6 nitrogen and oxygen atoms in total. The SMILES string of the molecule is COc1cc(C)c(C)cc1S(=O)(=O)N[C@@H]1CNC[C@H]1O. The fourth-order valence-corrected chi connectivity index (χ4v) is 3.69. The van der Waals surface area contributed by atoms with Crippen molar-refractivity contribution in [3.8, 4) is 5.75 Å². The second-order valence-electron chi connectivity index (χ2n) is 5.04. The number of aliphatic hydroxyl groups is 1. The van der Waals surface area contributed by atoms with Gasteiger partial charge in [-0.2, -0.15) is 0 Å². The van der Waals surface area contributed by atoms with Crippen LogP contribution in [0, 0.1) is 13.8 Å². The minimum Gasteiger partial charge on any atom is -0.495 e. The normalized spacial score (nSPS) is 23.0.